The van der Waals surface area contributed by atoms with Crippen LogP contribution in [-0.4, -0.2) is 4.98 Å². The monoisotopic (exact) mass is 278 g/mol. The second-order valence-corrected chi connectivity index (χ2v) is 4.35. The summed E-state index contributed by atoms with van der Waals surface area (Å²) < 4.78 is 5.56. The van der Waals surface area contributed by atoms with Crippen molar-refractivity contribution in [1.82, 2.24) is 4.98 Å². The molecule has 0 aliphatic rings. The van der Waals surface area contributed by atoms with Gasteiger partial charge in [-0.3, -0.25) is 4.98 Å². The average molecular weight is 279 g/mol. The van der Waals surface area contributed by atoms with Crippen LogP contribution in [0.25, 0.3) is 0 Å². The fraction of sp³-hybridized carbons (Fsp3) is 0.0769. The summed E-state index contributed by atoms with van der Waals surface area (Å²) in [6.45, 7) is 0.260. The third-order valence-electron chi connectivity index (χ3n) is 2.30. The van der Waals surface area contributed by atoms with Gasteiger partial charge in [0.05, 0.1) is 10.6 Å². The van der Waals surface area contributed by atoms with E-state index in [0.717, 1.165) is 5.56 Å². The highest BCUT2D eigenvalue weighted by Crippen LogP contribution is 2.24. The maximum Gasteiger partial charge on any atom is 0.139 e. The van der Waals surface area contributed by atoms with Crippen LogP contribution < -0.4 is 4.74 Å². The number of halogens is 2. The Morgan fingerprint density at radius 1 is 1.28 bits per heavy atom. The SMILES string of the molecule is N#Cc1ccc(Cl)cc1OCc1ccncc1Cl. The van der Waals surface area contributed by atoms with Gasteiger partial charge in [0.25, 0.3) is 0 Å². The topological polar surface area (TPSA) is 45.9 Å². The summed E-state index contributed by atoms with van der Waals surface area (Å²) in [6.07, 6.45) is 3.18. The Morgan fingerprint density at radius 2 is 2.11 bits per heavy atom. The van der Waals surface area contributed by atoms with Crippen molar-refractivity contribution < 1.29 is 4.74 Å². The molecule has 1 aromatic carbocycles. The highest BCUT2D eigenvalue weighted by molar-refractivity contribution is 6.31. The first-order valence-electron chi connectivity index (χ1n) is 5.11. The van der Waals surface area contributed by atoms with Gasteiger partial charge >= 0.3 is 0 Å². The molecule has 0 bridgehead atoms. The zero-order chi connectivity index (χ0) is 13.0. The molecule has 0 atom stereocenters. The van der Waals surface area contributed by atoms with Crippen LogP contribution in [0.1, 0.15) is 11.1 Å². The molecule has 2 aromatic rings. The van der Waals surface area contributed by atoms with Gasteiger partial charge < -0.3 is 4.74 Å². The molecule has 0 fully saturated rings. The third kappa shape index (κ3) is 2.92. The summed E-state index contributed by atoms with van der Waals surface area (Å²) >= 11 is 11.8. The Bertz CT molecular complexity index is 608. The van der Waals surface area contributed by atoms with Crippen molar-refractivity contribution in [1.29, 1.82) is 5.26 Å². The maximum absolute atomic E-state index is 8.95. The summed E-state index contributed by atoms with van der Waals surface area (Å²) in [5.74, 6) is 0.442. The van der Waals surface area contributed by atoms with Crippen molar-refractivity contribution >= 4 is 23.2 Å². The second-order valence-electron chi connectivity index (χ2n) is 3.51. The van der Waals surface area contributed by atoms with Gasteiger partial charge in [-0.15, -0.1) is 0 Å². The molecular formula is C13H8Cl2N2O. The highest BCUT2D eigenvalue weighted by Gasteiger charge is 2.06. The Labute approximate surface area is 115 Å². The average Bonchev–Trinajstić information content (AvgIpc) is 2.38. The van der Waals surface area contributed by atoms with Crippen molar-refractivity contribution in [3.8, 4) is 11.8 Å². The van der Waals surface area contributed by atoms with E-state index in [-0.39, 0.29) is 6.61 Å². The highest BCUT2D eigenvalue weighted by atomic mass is 35.5. The fourth-order valence-corrected chi connectivity index (χ4v) is 1.72. The molecule has 1 heterocycles. The lowest BCUT2D eigenvalue weighted by Gasteiger charge is -2.09. The van der Waals surface area contributed by atoms with Gasteiger partial charge in [0, 0.05) is 29.0 Å². The van der Waals surface area contributed by atoms with Crippen molar-refractivity contribution in [2.24, 2.45) is 0 Å². The molecule has 5 heteroatoms. The van der Waals surface area contributed by atoms with E-state index in [4.69, 9.17) is 33.2 Å². The van der Waals surface area contributed by atoms with E-state index in [0.29, 0.717) is 21.4 Å². The lowest BCUT2D eigenvalue weighted by molar-refractivity contribution is 0.305. The number of rotatable bonds is 3. The maximum atomic E-state index is 8.95. The first kappa shape index (κ1) is 12.7. The van der Waals surface area contributed by atoms with E-state index in [1.165, 1.54) is 0 Å². The van der Waals surface area contributed by atoms with Gasteiger partial charge in [0.2, 0.25) is 0 Å². The van der Waals surface area contributed by atoms with Gasteiger partial charge in [-0.25, -0.2) is 0 Å². The first-order valence-corrected chi connectivity index (χ1v) is 5.87. The molecule has 0 spiro atoms. The van der Waals surface area contributed by atoms with E-state index in [9.17, 15) is 0 Å². The van der Waals surface area contributed by atoms with E-state index < -0.39 is 0 Å². The number of hydrogen-bond acceptors (Lipinski definition) is 3. The van der Waals surface area contributed by atoms with Crippen LogP contribution in [0, 0.1) is 11.3 Å². The van der Waals surface area contributed by atoms with Gasteiger partial charge in [0.15, 0.2) is 0 Å². The van der Waals surface area contributed by atoms with Crippen LogP contribution in [0.2, 0.25) is 10.0 Å². The molecule has 90 valence electrons. The summed E-state index contributed by atoms with van der Waals surface area (Å²) in [5, 5.41) is 10.00. The largest absolute Gasteiger partial charge is 0.487 e. The Morgan fingerprint density at radius 3 is 2.83 bits per heavy atom. The van der Waals surface area contributed by atoms with Crippen LogP contribution in [-0.2, 0) is 6.61 Å². The third-order valence-corrected chi connectivity index (χ3v) is 2.88. The zero-order valence-corrected chi connectivity index (χ0v) is 10.7. The number of nitriles is 1. The Hall–Kier alpha value is -1.76. The molecular weight excluding hydrogens is 271 g/mol. The summed E-state index contributed by atoms with van der Waals surface area (Å²) in [4.78, 5) is 3.89. The number of pyridine rings is 1. The smallest absolute Gasteiger partial charge is 0.139 e. The molecule has 0 saturated carbocycles. The van der Waals surface area contributed by atoms with E-state index in [1.807, 2.05) is 6.07 Å². The van der Waals surface area contributed by atoms with Gasteiger partial charge in [0.1, 0.15) is 18.4 Å². The molecule has 0 aliphatic carbocycles. The summed E-state index contributed by atoms with van der Waals surface area (Å²) in [5.41, 5.74) is 1.24. The van der Waals surface area contributed by atoms with Crippen molar-refractivity contribution in [2.75, 3.05) is 0 Å². The van der Waals surface area contributed by atoms with E-state index in [1.54, 1.807) is 36.7 Å². The number of nitrogens with zero attached hydrogens (tertiary/aromatic N) is 2. The summed E-state index contributed by atoms with van der Waals surface area (Å²) in [7, 11) is 0. The number of hydrogen-bond donors (Lipinski definition) is 0. The second kappa shape index (κ2) is 5.72. The van der Waals surface area contributed by atoms with Crippen LogP contribution in [0.15, 0.2) is 36.7 Å². The normalized spacial score (nSPS) is 9.83. The first-order chi connectivity index (χ1) is 8.70. The molecule has 0 radical (unpaired) electrons. The predicted octanol–water partition coefficient (Wildman–Crippen LogP) is 3.84. The van der Waals surface area contributed by atoms with Crippen LogP contribution in [0.4, 0.5) is 0 Å². The molecule has 0 saturated heterocycles. The van der Waals surface area contributed by atoms with Gasteiger partial charge in [-0.1, -0.05) is 23.2 Å². The van der Waals surface area contributed by atoms with Crippen LogP contribution in [0.5, 0.6) is 5.75 Å². The van der Waals surface area contributed by atoms with Crippen LogP contribution >= 0.6 is 23.2 Å². The van der Waals surface area contributed by atoms with E-state index >= 15 is 0 Å². The zero-order valence-electron chi connectivity index (χ0n) is 9.23. The minimum Gasteiger partial charge on any atom is -0.487 e. The Balaban J connectivity index is 2.18. The standard InChI is InChI=1S/C13H8Cl2N2O/c14-11-2-1-9(6-16)13(5-11)18-8-10-3-4-17-7-12(10)15/h1-5,7H,8H2. The number of ether oxygens (including phenoxy) is 1. The van der Waals surface area contributed by atoms with Crippen molar-refractivity contribution in [2.45, 2.75) is 6.61 Å². The molecule has 3 nitrogen and oxygen atoms in total. The van der Waals surface area contributed by atoms with Gasteiger partial charge in [-0.2, -0.15) is 5.26 Å². The van der Waals surface area contributed by atoms with Gasteiger partial charge in [-0.05, 0) is 18.2 Å². The minimum absolute atomic E-state index is 0.260. The molecule has 0 aliphatic heterocycles. The number of aromatic nitrogens is 1. The lowest BCUT2D eigenvalue weighted by Crippen LogP contribution is -1.98. The molecule has 1 aromatic heterocycles. The van der Waals surface area contributed by atoms with Crippen molar-refractivity contribution in [3.63, 3.8) is 0 Å². The molecule has 2 rings (SSSR count). The lowest BCUT2D eigenvalue weighted by atomic mass is 10.2. The van der Waals surface area contributed by atoms with Crippen LogP contribution in [0.3, 0.4) is 0 Å². The molecule has 0 N–H and O–H groups in total. The predicted molar refractivity (Wildman–Crippen MR) is 69.7 cm³/mol. The molecule has 18 heavy (non-hydrogen) atoms. The van der Waals surface area contributed by atoms with E-state index in [2.05, 4.69) is 4.98 Å². The Kier molecular flexibility index (Phi) is 4.03. The molecule has 0 unspecified atom stereocenters. The number of benzene rings is 1. The summed E-state index contributed by atoms with van der Waals surface area (Å²) in [6, 6.07) is 8.68. The quantitative estimate of drug-likeness (QED) is 0.857. The fourth-order valence-electron chi connectivity index (χ4n) is 1.38. The van der Waals surface area contributed by atoms with Crippen molar-refractivity contribution in [3.05, 3.63) is 57.8 Å². The molecule has 0 amide bonds. The minimum atomic E-state index is 0.260.